The van der Waals surface area contributed by atoms with Gasteiger partial charge in [0, 0.05) is 0 Å². The fourth-order valence-electron chi connectivity index (χ4n) is 1.24. The fraction of sp³-hybridized carbons (Fsp3) is 0.714. The Balaban J connectivity index is 2.91. The normalized spacial score (nSPS) is 20.3. The van der Waals surface area contributed by atoms with E-state index in [1.54, 1.807) is 0 Å². The summed E-state index contributed by atoms with van der Waals surface area (Å²) in [5.41, 5.74) is 0. The number of amides is 3. The molecule has 1 aliphatic rings. The minimum absolute atomic E-state index is 0.0362. The standard InChI is InChI=1S/C7H12N2O7P2/c1-3-15-17(12)9-6(10)5-8(7(9)11)18(13,14)16-4-2/h3-5H2,1-2H3/p+1. The Bertz CT molecular complexity index is 426. The molecule has 0 spiro atoms. The number of nitrogens with zero attached hydrogens (tertiary/aromatic N) is 2. The van der Waals surface area contributed by atoms with Crippen molar-refractivity contribution in [2.75, 3.05) is 19.8 Å². The van der Waals surface area contributed by atoms with Crippen LogP contribution in [0, 0.1) is 0 Å². The lowest BCUT2D eigenvalue weighted by atomic mass is 10.7. The molecule has 18 heavy (non-hydrogen) atoms. The smallest absolute Gasteiger partial charge is 0.308 e. The largest absolute Gasteiger partial charge is 0.658 e. The van der Waals surface area contributed by atoms with Gasteiger partial charge < -0.3 is 4.89 Å². The minimum atomic E-state index is -4.39. The Morgan fingerprint density at radius 2 is 2.00 bits per heavy atom. The molecule has 11 heteroatoms. The van der Waals surface area contributed by atoms with E-state index in [1.807, 2.05) is 0 Å². The van der Waals surface area contributed by atoms with Crippen LogP contribution in [0.4, 0.5) is 4.79 Å². The zero-order valence-electron chi connectivity index (χ0n) is 9.81. The SMILES string of the molecule is CCO[P+](=O)N1C(=O)CN(P(=O)(O)OCC)C1=O. The average Bonchev–Trinajstić information content (AvgIpc) is 2.55. The molecule has 0 saturated carbocycles. The van der Waals surface area contributed by atoms with E-state index in [2.05, 4.69) is 9.05 Å². The van der Waals surface area contributed by atoms with E-state index in [0.29, 0.717) is 9.34 Å². The van der Waals surface area contributed by atoms with Crippen molar-refractivity contribution < 1.29 is 32.7 Å². The van der Waals surface area contributed by atoms with Crippen LogP contribution in [0.3, 0.4) is 0 Å². The van der Waals surface area contributed by atoms with Gasteiger partial charge in [0.2, 0.25) is 0 Å². The van der Waals surface area contributed by atoms with Gasteiger partial charge in [-0.05, 0) is 23.1 Å². The number of hydrogen-bond donors (Lipinski definition) is 1. The van der Waals surface area contributed by atoms with Crippen LogP contribution in [0.1, 0.15) is 13.8 Å². The third-order valence-electron chi connectivity index (χ3n) is 1.93. The molecule has 1 heterocycles. The molecule has 3 amide bonds. The minimum Gasteiger partial charge on any atom is -0.308 e. The highest BCUT2D eigenvalue weighted by Gasteiger charge is 2.55. The monoisotopic (exact) mass is 299 g/mol. The lowest BCUT2D eigenvalue weighted by molar-refractivity contribution is -0.122. The summed E-state index contributed by atoms with van der Waals surface area (Å²) in [4.78, 5) is 32.6. The summed E-state index contributed by atoms with van der Waals surface area (Å²) in [6, 6.07) is -1.16. The second-order valence-corrected chi connectivity index (χ2v) is 5.97. The zero-order chi connectivity index (χ0) is 13.9. The van der Waals surface area contributed by atoms with Crippen molar-refractivity contribution in [3.05, 3.63) is 0 Å². The van der Waals surface area contributed by atoms with Crippen LogP contribution >= 0.6 is 15.9 Å². The molecule has 0 aliphatic carbocycles. The second kappa shape index (κ2) is 5.86. The molecular formula is C7H13N2O7P2+. The van der Waals surface area contributed by atoms with Crippen LogP contribution in [0.2, 0.25) is 0 Å². The molecule has 0 aromatic heterocycles. The molecule has 1 saturated heterocycles. The fourth-order valence-corrected chi connectivity index (χ4v) is 3.22. The molecule has 1 N–H and O–H groups in total. The third kappa shape index (κ3) is 2.93. The first-order chi connectivity index (χ1) is 8.35. The number of imide groups is 1. The van der Waals surface area contributed by atoms with Gasteiger partial charge in [-0.1, -0.05) is 0 Å². The summed E-state index contributed by atoms with van der Waals surface area (Å²) >= 11 is 0. The van der Waals surface area contributed by atoms with Gasteiger partial charge in [-0.25, -0.2) is 14.0 Å². The highest BCUT2D eigenvalue weighted by Crippen LogP contribution is 2.50. The summed E-state index contributed by atoms with van der Waals surface area (Å²) < 4.78 is 32.9. The topological polar surface area (TPSA) is 113 Å². The predicted molar refractivity (Wildman–Crippen MR) is 59.6 cm³/mol. The van der Waals surface area contributed by atoms with Gasteiger partial charge in [-0.3, -0.25) is 9.32 Å². The summed E-state index contributed by atoms with van der Waals surface area (Å²) in [5.74, 6) is -0.872. The molecule has 1 rings (SSSR count). The van der Waals surface area contributed by atoms with E-state index < -0.39 is 34.4 Å². The van der Waals surface area contributed by atoms with Crippen LogP contribution in [0.25, 0.3) is 0 Å². The Morgan fingerprint density at radius 3 is 2.50 bits per heavy atom. The number of carbonyl (C=O) groups is 2. The number of hydrogen-bond acceptors (Lipinski definition) is 6. The Labute approximate surface area is 104 Å². The Morgan fingerprint density at radius 1 is 1.39 bits per heavy atom. The number of rotatable bonds is 6. The van der Waals surface area contributed by atoms with Gasteiger partial charge in [0.25, 0.3) is 5.91 Å². The molecule has 9 nitrogen and oxygen atoms in total. The van der Waals surface area contributed by atoms with E-state index in [4.69, 9.17) is 0 Å². The molecule has 2 atom stereocenters. The van der Waals surface area contributed by atoms with Gasteiger partial charge in [0.15, 0.2) is 0 Å². The van der Waals surface area contributed by atoms with Crippen LogP contribution in [0.15, 0.2) is 0 Å². The predicted octanol–water partition coefficient (Wildman–Crippen LogP) is 1.08. The summed E-state index contributed by atoms with van der Waals surface area (Å²) in [7, 11) is -7.08. The van der Waals surface area contributed by atoms with Crippen molar-refractivity contribution in [3.63, 3.8) is 0 Å². The molecule has 0 bridgehead atoms. The van der Waals surface area contributed by atoms with Crippen LogP contribution in [0.5, 0.6) is 0 Å². The van der Waals surface area contributed by atoms with Gasteiger partial charge in [0.1, 0.15) is 13.2 Å². The lowest BCUT2D eigenvalue weighted by Crippen LogP contribution is -2.27. The van der Waals surface area contributed by atoms with Crippen LogP contribution in [-0.4, -0.2) is 45.9 Å². The number of carbonyl (C=O) groups excluding carboxylic acids is 2. The Kier molecular flexibility index (Phi) is 4.95. The summed E-state index contributed by atoms with van der Waals surface area (Å²) in [5, 5.41) is 0. The molecule has 1 aliphatic heterocycles. The quantitative estimate of drug-likeness (QED) is 0.576. The van der Waals surface area contributed by atoms with Crippen LogP contribution < -0.4 is 0 Å². The van der Waals surface area contributed by atoms with Gasteiger partial charge in [-0.15, -0.1) is 4.52 Å². The molecular weight excluding hydrogens is 286 g/mol. The van der Waals surface area contributed by atoms with E-state index >= 15 is 0 Å². The first-order valence-electron chi connectivity index (χ1n) is 5.07. The van der Waals surface area contributed by atoms with Crippen molar-refractivity contribution in [1.82, 2.24) is 9.34 Å². The Hall–Kier alpha value is -0.850. The summed E-state index contributed by atoms with van der Waals surface area (Å²) in [6.07, 6.45) is 0. The van der Waals surface area contributed by atoms with E-state index in [0.717, 1.165) is 0 Å². The van der Waals surface area contributed by atoms with E-state index in [9.17, 15) is 23.6 Å². The molecule has 1 fully saturated rings. The molecule has 2 unspecified atom stereocenters. The third-order valence-corrected chi connectivity index (χ3v) is 4.65. The molecule has 0 aromatic rings. The van der Waals surface area contributed by atoms with Crippen molar-refractivity contribution >= 4 is 27.9 Å². The van der Waals surface area contributed by atoms with Crippen molar-refractivity contribution in [2.24, 2.45) is 0 Å². The van der Waals surface area contributed by atoms with Gasteiger partial charge in [-0.2, -0.15) is 0 Å². The molecule has 102 valence electrons. The lowest BCUT2D eigenvalue weighted by Gasteiger charge is -2.18. The first-order valence-corrected chi connectivity index (χ1v) is 7.73. The molecule has 0 radical (unpaired) electrons. The highest BCUT2D eigenvalue weighted by molar-refractivity contribution is 7.51. The van der Waals surface area contributed by atoms with Gasteiger partial charge in [0.05, 0.1) is 6.61 Å². The maximum atomic E-state index is 11.7. The summed E-state index contributed by atoms with van der Waals surface area (Å²) in [6.45, 7) is 2.26. The number of urea groups is 1. The molecule has 0 aromatic carbocycles. The zero-order valence-corrected chi connectivity index (χ0v) is 11.6. The van der Waals surface area contributed by atoms with E-state index in [-0.39, 0.29) is 13.2 Å². The second-order valence-electron chi connectivity index (χ2n) is 3.11. The van der Waals surface area contributed by atoms with E-state index in [1.165, 1.54) is 13.8 Å². The van der Waals surface area contributed by atoms with Crippen molar-refractivity contribution in [1.29, 1.82) is 0 Å². The maximum absolute atomic E-state index is 11.7. The maximum Gasteiger partial charge on any atom is 0.658 e. The van der Waals surface area contributed by atoms with Gasteiger partial charge >= 0.3 is 22.0 Å². The first kappa shape index (κ1) is 15.2. The average molecular weight is 299 g/mol. The van der Waals surface area contributed by atoms with Crippen molar-refractivity contribution in [3.8, 4) is 0 Å². The van der Waals surface area contributed by atoms with Crippen LogP contribution in [-0.2, 0) is 23.0 Å². The van der Waals surface area contributed by atoms with Crippen molar-refractivity contribution in [2.45, 2.75) is 13.8 Å². The highest BCUT2D eigenvalue weighted by atomic mass is 31.2.